The minimum atomic E-state index is -0.473. The Morgan fingerprint density at radius 2 is 1.28 bits per heavy atom. The molecule has 2 unspecified atom stereocenters. The first-order valence-electron chi connectivity index (χ1n) is 14.8. The van der Waals surface area contributed by atoms with Crippen LogP contribution in [0.4, 0.5) is 22.7 Å². The van der Waals surface area contributed by atoms with Crippen LogP contribution >= 0.6 is 0 Å². The van der Waals surface area contributed by atoms with E-state index in [1.807, 2.05) is 12.2 Å². The molecule has 3 aliphatic heterocycles. The van der Waals surface area contributed by atoms with Gasteiger partial charge in [0.25, 0.3) is 0 Å². The van der Waals surface area contributed by atoms with E-state index >= 15 is 0 Å². The van der Waals surface area contributed by atoms with Gasteiger partial charge in [-0.1, -0.05) is 12.2 Å². The van der Waals surface area contributed by atoms with E-state index < -0.39 is 11.9 Å². The maximum Gasteiger partial charge on any atom is 0.338 e. The molecule has 0 amide bonds. The molecule has 232 valence electrons. The first-order valence-corrected chi connectivity index (χ1v) is 14.8. The lowest BCUT2D eigenvalue weighted by molar-refractivity contribution is -0.0639. The number of nitrogen functional groups attached to an aromatic ring is 2. The highest BCUT2D eigenvalue weighted by Gasteiger charge is 2.37. The van der Waals surface area contributed by atoms with E-state index in [1.165, 1.54) is 0 Å². The SMILES string of the molecule is CCOC(=O)c1cc(N)c2c(c1)OCC(N1CC3CCC(C1)O3)COc1cc(C(=O)OCC)cc(N)c1NC/C=C/CN2. The summed E-state index contributed by atoms with van der Waals surface area (Å²) in [4.78, 5) is 27.5. The van der Waals surface area contributed by atoms with Crippen molar-refractivity contribution in [1.29, 1.82) is 0 Å². The number of rotatable bonds is 5. The number of nitrogens with zero attached hydrogens (tertiary/aromatic N) is 1. The third kappa shape index (κ3) is 7.26. The fourth-order valence-corrected chi connectivity index (χ4v) is 5.61. The van der Waals surface area contributed by atoms with Crippen molar-refractivity contribution in [3.63, 3.8) is 0 Å². The molecular formula is C31H41N5O7. The summed E-state index contributed by atoms with van der Waals surface area (Å²) in [5.74, 6) is -0.0581. The van der Waals surface area contributed by atoms with E-state index in [2.05, 4.69) is 15.5 Å². The predicted octanol–water partition coefficient (Wildman–Crippen LogP) is 3.29. The van der Waals surface area contributed by atoms with Crippen molar-refractivity contribution < 1.29 is 33.3 Å². The maximum absolute atomic E-state index is 12.6. The first-order chi connectivity index (χ1) is 20.9. The van der Waals surface area contributed by atoms with E-state index in [-0.39, 0.29) is 44.7 Å². The molecule has 12 nitrogen and oxygen atoms in total. The van der Waals surface area contributed by atoms with Gasteiger partial charge >= 0.3 is 11.9 Å². The van der Waals surface area contributed by atoms with Crippen LogP contribution in [0.3, 0.4) is 0 Å². The second-order valence-corrected chi connectivity index (χ2v) is 10.7. The first kappa shape index (κ1) is 30.3. The molecule has 2 saturated heterocycles. The average molecular weight is 596 g/mol. The number of fused-ring (bicyclic) bond motifs is 4. The Balaban J connectivity index is 1.48. The number of esters is 2. The van der Waals surface area contributed by atoms with E-state index in [9.17, 15) is 9.59 Å². The lowest BCUT2D eigenvalue weighted by Crippen LogP contribution is -2.52. The van der Waals surface area contributed by atoms with E-state index in [0.29, 0.717) is 58.5 Å². The Hall–Kier alpha value is -4.16. The highest BCUT2D eigenvalue weighted by Crippen LogP contribution is 2.36. The van der Waals surface area contributed by atoms with Crippen LogP contribution in [0.15, 0.2) is 36.4 Å². The number of nitrogens with two attached hydrogens (primary N) is 2. The molecule has 0 radical (unpaired) electrons. The van der Waals surface area contributed by atoms with Crippen molar-refractivity contribution in [3.8, 4) is 11.5 Å². The molecule has 6 N–H and O–H groups in total. The number of carbonyl (C=O) groups excluding carboxylic acids is 2. The van der Waals surface area contributed by atoms with Crippen LogP contribution in [0.25, 0.3) is 0 Å². The number of hydrogen-bond donors (Lipinski definition) is 4. The van der Waals surface area contributed by atoms with Crippen LogP contribution in [-0.2, 0) is 14.2 Å². The summed E-state index contributed by atoms with van der Waals surface area (Å²) < 4.78 is 29.4. The van der Waals surface area contributed by atoms with Crippen LogP contribution in [0.2, 0.25) is 0 Å². The number of likely N-dealkylation sites (tertiary alicyclic amines) is 1. The van der Waals surface area contributed by atoms with E-state index in [4.69, 9.17) is 35.2 Å². The number of anilines is 4. The zero-order valence-electron chi connectivity index (χ0n) is 24.7. The van der Waals surface area contributed by atoms with Crippen molar-refractivity contribution in [3.05, 3.63) is 47.5 Å². The van der Waals surface area contributed by atoms with Gasteiger partial charge in [-0.2, -0.15) is 0 Å². The topological polar surface area (TPSA) is 160 Å². The van der Waals surface area contributed by atoms with Crippen molar-refractivity contribution in [2.75, 3.05) is 74.7 Å². The molecule has 0 aliphatic carbocycles. The summed E-state index contributed by atoms with van der Waals surface area (Å²) in [6.45, 7) is 6.88. The lowest BCUT2D eigenvalue weighted by atomic mass is 10.1. The molecule has 12 heteroatoms. The molecule has 3 aliphatic rings. The van der Waals surface area contributed by atoms with Crippen LogP contribution in [0.5, 0.6) is 11.5 Å². The smallest absolute Gasteiger partial charge is 0.338 e. The Labute approximate surface area is 251 Å². The highest BCUT2D eigenvalue weighted by molar-refractivity contribution is 5.94. The molecule has 3 heterocycles. The number of ether oxygens (including phenoxy) is 5. The zero-order chi connectivity index (χ0) is 30.3. The van der Waals surface area contributed by atoms with E-state index in [1.54, 1.807) is 38.1 Å². The van der Waals surface area contributed by atoms with Gasteiger partial charge in [-0.3, -0.25) is 4.90 Å². The Kier molecular flexibility index (Phi) is 9.78. The van der Waals surface area contributed by atoms with Crippen molar-refractivity contribution in [2.24, 2.45) is 0 Å². The van der Waals surface area contributed by atoms with Gasteiger partial charge in [-0.15, -0.1) is 0 Å². The predicted molar refractivity (Wildman–Crippen MR) is 164 cm³/mol. The van der Waals surface area contributed by atoms with E-state index in [0.717, 1.165) is 25.9 Å². The molecular weight excluding hydrogens is 554 g/mol. The minimum Gasteiger partial charge on any atom is -0.490 e. The molecule has 2 atom stereocenters. The number of benzene rings is 2. The molecule has 43 heavy (non-hydrogen) atoms. The second kappa shape index (κ2) is 13.9. The van der Waals surface area contributed by atoms with Crippen molar-refractivity contribution in [2.45, 2.75) is 44.9 Å². The molecule has 0 spiro atoms. The van der Waals surface area contributed by atoms with Crippen molar-refractivity contribution >= 4 is 34.7 Å². The van der Waals surface area contributed by atoms with Gasteiger partial charge in [0.15, 0.2) is 0 Å². The number of carbonyl (C=O) groups is 2. The summed E-state index contributed by atoms with van der Waals surface area (Å²) in [5.41, 5.74) is 15.4. The van der Waals surface area contributed by atoms with Crippen LogP contribution in [0.1, 0.15) is 47.4 Å². The number of nitrogens with one attached hydrogen (secondary N) is 2. The van der Waals surface area contributed by atoms with Gasteiger partial charge in [0, 0.05) is 26.2 Å². The fraction of sp³-hybridized carbons (Fsp3) is 0.484. The summed E-state index contributed by atoms with van der Waals surface area (Å²) >= 11 is 0. The molecule has 2 aromatic rings. The summed E-state index contributed by atoms with van der Waals surface area (Å²) in [6.07, 6.45) is 6.21. The van der Waals surface area contributed by atoms with Gasteiger partial charge < -0.3 is 45.8 Å². The molecule has 2 fully saturated rings. The summed E-state index contributed by atoms with van der Waals surface area (Å²) in [7, 11) is 0. The largest absolute Gasteiger partial charge is 0.490 e. The fourth-order valence-electron chi connectivity index (χ4n) is 5.61. The standard InChI is InChI=1S/C31H41N5O7/c1-3-39-30(37)19-11-24(32)28-26(13-19)41-17-21(36-15-22-7-8-23(16-36)43-22)18-42-27-14-20(31(38)40-4-2)12-25(33)29(27)35-10-6-5-9-34-28/h5-6,11-14,21-23,34-35H,3-4,7-10,15-18,32-33H2,1-2H3/b6-5+. The van der Waals surface area contributed by atoms with Gasteiger partial charge in [-0.05, 0) is 51.0 Å². The Bertz CT molecular complexity index is 1250. The molecule has 0 aromatic heterocycles. The average Bonchev–Trinajstić information content (AvgIpc) is 3.32. The van der Waals surface area contributed by atoms with Gasteiger partial charge in [0.1, 0.15) is 36.1 Å². The van der Waals surface area contributed by atoms with Gasteiger partial charge in [0.2, 0.25) is 0 Å². The Morgan fingerprint density at radius 1 is 0.814 bits per heavy atom. The minimum absolute atomic E-state index is 0.154. The van der Waals surface area contributed by atoms with Gasteiger partial charge in [-0.25, -0.2) is 9.59 Å². The monoisotopic (exact) mass is 595 g/mol. The quantitative estimate of drug-likeness (QED) is 0.227. The lowest BCUT2D eigenvalue weighted by Gasteiger charge is -2.37. The molecule has 0 saturated carbocycles. The second-order valence-electron chi connectivity index (χ2n) is 10.7. The summed E-state index contributed by atoms with van der Waals surface area (Å²) in [5, 5.41) is 6.64. The molecule has 2 bridgehead atoms. The summed E-state index contributed by atoms with van der Waals surface area (Å²) in [6, 6.07) is 6.29. The number of morpholine rings is 1. The third-order valence-corrected chi connectivity index (χ3v) is 7.70. The van der Waals surface area contributed by atoms with Crippen LogP contribution in [-0.4, -0.2) is 87.7 Å². The van der Waals surface area contributed by atoms with Crippen molar-refractivity contribution in [1.82, 2.24) is 4.90 Å². The highest BCUT2D eigenvalue weighted by atomic mass is 16.5. The van der Waals surface area contributed by atoms with Crippen LogP contribution < -0.4 is 31.6 Å². The Morgan fingerprint density at radius 3 is 1.72 bits per heavy atom. The molecule has 5 rings (SSSR count). The van der Waals surface area contributed by atoms with Crippen LogP contribution in [0, 0.1) is 0 Å². The molecule has 2 aromatic carbocycles. The normalized spacial score (nSPS) is 21.7. The maximum atomic E-state index is 12.6. The number of hydrogen-bond acceptors (Lipinski definition) is 12. The zero-order valence-corrected chi connectivity index (χ0v) is 24.7. The third-order valence-electron chi connectivity index (χ3n) is 7.70. The van der Waals surface area contributed by atoms with Gasteiger partial charge in [0.05, 0.1) is 54.0 Å².